The fourth-order valence-corrected chi connectivity index (χ4v) is 6.52. The van der Waals surface area contributed by atoms with E-state index in [1.807, 2.05) is 33.4 Å². The van der Waals surface area contributed by atoms with E-state index >= 15 is 0 Å². The highest BCUT2D eigenvalue weighted by atomic mass is 32.1. The third kappa shape index (κ3) is 7.25. The summed E-state index contributed by atoms with van der Waals surface area (Å²) in [4.78, 5) is 33.2. The van der Waals surface area contributed by atoms with Gasteiger partial charge in [0, 0.05) is 37.1 Å². The summed E-state index contributed by atoms with van der Waals surface area (Å²) in [5.74, 6) is 0.383. The lowest BCUT2D eigenvalue weighted by Gasteiger charge is -2.34. The summed E-state index contributed by atoms with van der Waals surface area (Å²) in [6, 6.07) is 2.16. The summed E-state index contributed by atoms with van der Waals surface area (Å²) < 4.78 is 5.51. The number of nitrogens with one attached hydrogen (secondary N) is 2. The van der Waals surface area contributed by atoms with Gasteiger partial charge < -0.3 is 26.0 Å². The fraction of sp³-hybridized carbons (Fsp3) is 0.654. The van der Waals surface area contributed by atoms with Crippen LogP contribution in [0.2, 0.25) is 5.82 Å². The second-order valence-electron chi connectivity index (χ2n) is 11.2. The Balaban J connectivity index is 1.44. The number of carbonyl (C=O) groups is 2. The van der Waals surface area contributed by atoms with Crippen LogP contribution in [0.25, 0.3) is 10.2 Å². The number of fused-ring (bicyclic) bond motifs is 1. The van der Waals surface area contributed by atoms with Crippen LogP contribution in [0.4, 0.5) is 16.2 Å². The van der Waals surface area contributed by atoms with Crippen LogP contribution in [-0.4, -0.2) is 59.2 Å². The molecule has 8 nitrogen and oxygen atoms in total. The Labute approximate surface area is 230 Å². The van der Waals surface area contributed by atoms with Crippen molar-refractivity contribution in [3.05, 3.63) is 17.1 Å². The molecule has 1 unspecified atom stereocenters. The van der Waals surface area contributed by atoms with E-state index in [9.17, 15) is 9.59 Å². The topological polar surface area (TPSA) is 110 Å². The van der Waals surface area contributed by atoms with Crippen molar-refractivity contribution < 1.29 is 14.3 Å². The number of hydrogen-bond donors (Lipinski definition) is 4. The predicted molar refractivity (Wildman–Crippen MR) is 156 cm³/mol. The number of pyridine rings is 1. The molecule has 11 heteroatoms. The lowest BCUT2D eigenvalue weighted by atomic mass is 9.75. The van der Waals surface area contributed by atoms with Gasteiger partial charge in [-0.2, -0.15) is 0 Å². The molecule has 1 saturated heterocycles. The zero-order valence-electron chi connectivity index (χ0n) is 22.1. The number of nitrogen functional groups attached to an aromatic ring is 1. The number of likely N-dealkylation sites (tertiary alicyclic amines) is 1. The SMILES string of the molecule is CC(C)(C)OC(=O)N1CCCC(NC(=O)c2sc3nccc(NC4CCCC([B]S)CCC4)c3c2N)C1. The van der Waals surface area contributed by atoms with E-state index in [1.54, 1.807) is 11.1 Å². The van der Waals surface area contributed by atoms with Gasteiger partial charge in [0.05, 0.1) is 11.1 Å². The molecule has 2 aromatic rings. The molecule has 1 saturated carbocycles. The number of thiol groups is 1. The number of piperidine rings is 1. The minimum absolute atomic E-state index is 0.155. The average Bonchev–Trinajstić information content (AvgIpc) is 3.17. The number of nitrogens with zero attached hydrogens (tertiary/aromatic N) is 2. The second kappa shape index (κ2) is 12.2. The van der Waals surface area contributed by atoms with Crippen LogP contribution in [0.15, 0.2) is 12.3 Å². The summed E-state index contributed by atoms with van der Waals surface area (Å²) in [6.45, 7) is 8.64. The number of hydrogen-bond acceptors (Lipinski definition) is 8. The number of carbonyl (C=O) groups excluding carboxylic acids is 2. The first kappa shape index (κ1) is 27.9. The number of thiophene rings is 1. The Morgan fingerprint density at radius 3 is 2.54 bits per heavy atom. The Morgan fingerprint density at radius 1 is 1.16 bits per heavy atom. The van der Waals surface area contributed by atoms with Crippen molar-refractivity contribution in [1.82, 2.24) is 15.2 Å². The van der Waals surface area contributed by atoms with Crippen molar-refractivity contribution in [2.45, 2.75) is 95.6 Å². The van der Waals surface area contributed by atoms with Crippen molar-refractivity contribution in [3.8, 4) is 0 Å². The van der Waals surface area contributed by atoms with Crippen molar-refractivity contribution in [3.63, 3.8) is 0 Å². The Morgan fingerprint density at radius 2 is 1.86 bits per heavy atom. The summed E-state index contributed by atoms with van der Waals surface area (Å²) in [5, 5.41) is 7.62. The van der Waals surface area contributed by atoms with E-state index in [4.69, 9.17) is 10.5 Å². The highest BCUT2D eigenvalue weighted by Crippen LogP contribution is 2.38. The van der Waals surface area contributed by atoms with Gasteiger partial charge in [0.2, 0.25) is 0 Å². The second-order valence-corrected chi connectivity index (χ2v) is 12.5. The normalized spacial score (nSPS) is 23.1. The summed E-state index contributed by atoms with van der Waals surface area (Å²) in [7, 11) is 0. The van der Waals surface area contributed by atoms with Crippen LogP contribution in [0.1, 0.15) is 81.8 Å². The van der Waals surface area contributed by atoms with Crippen molar-refractivity contribution in [2.75, 3.05) is 24.1 Å². The maximum atomic E-state index is 13.3. The van der Waals surface area contributed by atoms with Gasteiger partial charge in [-0.05, 0) is 52.5 Å². The largest absolute Gasteiger partial charge is 0.444 e. The van der Waals surface area contributed by atoms with E-state index in [0.717, 1.165) is 54.4 Å². The van der Waals surface area contributed by atoms with Crippen molar-refractivity contribution in [1.29, 1.82) is 0 Å². The molecule has 0 spiro atoms. The first-order valence-electron chi connectivity index (χ1n) is 13.3. The number of ether oxygens (including phenoxy) is 1. The van der Waals surface area contributed by atoms with Gasteiger partial charge in [-0.25, -0.2) is 22.3 Å². The first-order valence-corrected chi connectivity index (χ1v) is 14.7. The molecule has 3 heterocycles. The maximum absolute atomic E-state index is 13.3. The number of nitrogens with two attached hydrogens (primary N) is 1. The number of aromatic nitrogens is 1. The lowest BCUT2D eigenvalue weighted by molar-refractivity contribution is 0.0186. The van der Waals surface area contributed by atoms with Gasteiger partial charge >= 0.3 is 6.09 Å². The third-order valence-electron chi connectivity index (χ3n) is 7.07. The molecule has 1 aliphatic carbocycles. The number of amides is 2. The molecule has 0 aromatic carbocycles. The van der Waals surface area contributed by atoms with Gasteiger partial charge in [-0.1, -0.05) is 31.5 Å². The highest BCUT2D eigenvalue weighted by Gasteiger charge is 2.30. The Kier molecular flexibility index (Phi) is 9.16. The fourth-order valence-electron chi connectivity index (χ4n) is 5.23. The van der Waals surface area contributed by atoms with Gasteiger partial charge in [-0.15, -0.1) is 11.3 Å². The molecule has 2 amide bonds. The van der Waals surface area contributed by atoms with E-state index < -0.39 is 5.60 Å². The lowest BCUT2D eigenvalue weighted by Crippen LogP contribution is -2.50. The first-order chi connectivity index (χ1) is 17.6. The zero-order chi connectivity index (χ0) is 26.6. The highest BCUT2D eigenvalue weighted by molar-refractivity contribution is 8.07. The van der Waals surface area contributed by atoms with E-state index in [-0.39, 0.29) is 18.0 Å². The molecule has 2 aliphatic rings. The molecule has 0 bridgehead atoms. The van der Waals surface area contributed by atoms with Crippen LogP contribution in [-0.2, 0) is 4.74 Å². The third-order valence-corrected chi connectivity index (χ3v) is 8.60. The molecule has 1 aliphatic heterocycles. The number of anilines is 2. The van der Waals surface area contributed by atoms with Crippen LogP contribution in [0.3, 0.4) is 0 Å². The minimum Gasteiger partial charge on any atom is -0.444 e. The van der Waals surface area contributed by atoms with Gasteiger partial charge in [0.15, 0.2) is 6.56 Å². The van der Waals surface area contributed by atoms with Crippen LogP contribution in [0, 0.1) is 0 Å². The maximum Gasteiger partial charge on any atom is 0.410 e. The molecule has 201 valence electrons. The summed E-state index contributed by atoms with van der Waals surface area (Å²) in [5.41, 5.74) is 7.41. The molecular weight excluding hydrogens is 505 g/mol. The Bertz CT molecular complexity index is 1100. The quantitative estimate of drug-likeness (QED) is 0.293. The minimum atomic E-state index is -0.555. The molecule has 37 heavy (non-hydrogen) atoms. The summed E-state index contributed by atoms with van der Waals surface area (Å²) >= 11 is 5.69. The Hall–Kier alpha value is -2.14. The van der Waals surface area contributed by atoms with Crippen molar-refractivity contribution >= 4 is 64.0 Å². The van der Waals surface area contributed by atoms with E-state index in [2.05, 4.69) is 28.1 Å². The van der Waals surface area contributed by atoms with Crippen LogP contribution < -0.4 is 16.4 Å². The molecular formula is C26H39BN5O3S2. The van der Waals surface area contributed by atoms with Crippen LogP contribution >= 0.6 is 23.8 Å². The van der Waals surface area contributed by atoms with E-state index in [0.29, 0.717) is 35.5 Å². The molecule has 2 aromatic heterocycles. The standard InChI is InChI=1S/C26H39BN5O3S2/c1-26(2,3)35-25(34)32-14-6-11-18(15-32)31-23(33)22-21(28)20-19(12-13-29-24(20)37-22)30-17-9-4-7-16(27-36)8-5-10-17/h12-13,16-18,36H,4-11,14-15,28H2,1-3H3,(H,29,30)(H,31,33). The van der Waals surface area contributed by atoms with Gasteiger partial charge in [-0.3, -0.25) is 4.79 Å². The number of rotatable bonds is 5. The molecule has 2 fully saturated rings. The molecule has 4 rings (SSSR count). The molecule has 1 atom stereocenters. The van der Waals surface area contributed by atoms with Gasteiger partial charge in [0.1, 0.15) is 15.3 Å². The average molecular weight is 545 g/mol. The molecule has 1 radical (unpaired) electrons. The van der Waals surface area contributed by atoms with Gasteiger partial charge in [0.25, 0.3) is 5.91 Å². The molecule has 4 N–H and O–H groups in total. The monoisotopic (exact) mass is 544 g/mol. The van der Waals surface area contributed by atoms with E-state index in [1.165, 1.54) is 24.2 Å². The van der Waals surface area contributed by atoms with Crippen LogP contribution in [0.5, 0.6) is 0 Å². The van der Waals surface area contributed by atoms with Crippen molar-refractivity contribution in [2.24, 2.45) is 0 Å². The zero-order valence-corrected chi connectivity index (χ0v) is 23.8. The predicted octanol–water partition coefficient (Wildman–Crippen LogP) is 5.48. The summed E-state index contributed by atoms with van der Waals surface area (Å²) in [6.07, 6.45) is 9.87. The smallest absolute Gasteiger partial charge is 0.410 e.